The van der Waals surface area contributed by atoms with E-state index in [0.29, 0.717) is 21.5 Å². The Morgan fingerprint density at radius 1 is 0.639 bits per heavy atom. The molecule has 0 amide bonds. The van der Waals surface area contributed by atoms with E-state index in [1.165, 1.54) is 23.3 Å². The summed E-state index contributed by atoms with van der Waals surface area (Å²) < 4.78 is 26.2. The molecule has 0 bridgehead atoms. The summed E-state index contributed by atoms with van der Waals surface area (Å²) in [6.45, 7) is 11.1. The quantitative estimate of drug-likeness (QED) is 0.232. The molecule has 2 N–H and O–H groups in total. The van der Waals surface area contributed by atoms with E-state index in [4.69, 9.17) is 10.0 Å². The lowest BCUT2D eigenvalue weighted by Crippen LogP contribution is -2.34. The zero-order valence-corrected chi connectivity index (χ0v) is 22.9. The molecule has 188 valence electrons. The highest BCUT2D eigenvalue weighted by molar-refractivity contribution is 9.10. The third-order valence-corrected chi connectivity index (χ3v) is 5.99. The average Bonchev–Trinajstić information content (AvgIpc) is 2.79. The van der Waals surface area contributed by atoms with Gasteiger partial charge in [-0.15, -0.1) is 0 Å². The largest absolute Gasteiger partial charge is 0.488 e. The first kappa shape index (κ1) is 29.3. The van der Waals surface area contributed by atoms with Crippen LogP contribution in [-0.4, -0.2) is 27.1 Å². The second-order valence-electron chi connectivity index (χ2n) is 8.41. The number of halogens is 3. The van der Waals surface area contributed by atoms with E-state index in [-0.39, 0.29) is 11.6 Å². The lowest BCUT2D eigenvalue weighted by Gasteiger charge is -2.09. The third kappa shape index (κ3) is 8.05. The summed E-state index contributed by atoms with van der Waals surface area (Å²) in [7, 11) is -1.35. The second-order valence-corrected chi connectivity index (χ2v) is 9.22. The number of rotatable bonds is 2. The zero-order chi connectivity index (χ0) is 27.0. The SMILES string of the molecule is Cc1cccc(C)c1-c1ccc(F)c(C)n1.Cc1cccc(C)c1B(O)O.Cc1nc(Br)ccc1F. The topological polar surface area (TPSA) is 66.2 Å². The van der Waals surface area contributed by atoms with E-state index in [2.05, 4.69) is 25.9 Å². The van der Waals surface area contributed by atoms with Crippen LogP contribution in [0.3, 0.4) is 0 Å². The molecule has 4 aromatic rings. The molecule has 36 heavy (non-hydrogen) atoms. The van der Waals surface area contributed by atoms with Gasteiger partial charge in [-0.05, 0) is 98.3 Å². The molecule has 0 spiro atoms. The molecule has 8 heteroatoms. The van der Waals surface area contributed by atoms with Crippen molar-refractivity contribution in [3.05, 3.63) is 111 Å². The summed E-state index contributed by atoms with van der Waals surface area (Å²) in [5.41, 5.74) is 7.59. The normalized spacial score (nSPS) is 10.1. The minimum Gasteiger partial charge on any atom is -0.423 e. The van der Waals surface area contributed by atoms with Gasteiger partial charge < -0.3 is 10.0 Å². The molecule has 0 radical (unpaired) electrons. The predicted octanol–water partition coefficient (Wildman–Crippen LogP) is 6.09. The molecular weight excluding hydrogens is 525 g/mol. The summed E-state index contributed by atoms with van der Waals surface area (Å²) in [4.78, 5) is 8.10. The van der Waals surface area contributed by atoms with Crippen molar-refractivity contribution in [3.8, 4) is 11.3 Å². The van der Waals surface area contributed by atoms with Crippen molar-refractivity contribution in [3.63, 3.8) is 0 Å². The van der Waals surface area contributed by atoms with Crippen LogP contribution in [0.5, 0.6) is 0 Å². The molecule has 4 rings (SSSR count). The first-order valence-electron chi connectivity index (χ1n) is 11.3. The van der Waals surface area contributed by atoms with Crippen LogP contribution in [0.25, 0.3) is 11.3 Å². The lowest BCUT2D eigenvalue weighted by molar-refractivity contribution is 0.425. The maximum absolute atomic E-state index is 13.2. The minimum atomic E-state index is -1.35. The van der Waals surface area contributed by atoms with Crippen LogP contribution in [0.1, 0.15) is 33.6 Å². The van der Waals surface area contributed by atoms with Gasteiger partial charge in [0.25, 0.3) is 0 Å². The third-order valence-electron chi connectivity index (χ3n) is 5.55. The molecule has 0 fully saturated rings. The predicted molar refractivity (Wildman–Crippen MR) is 146 cm³/mol. The van der Waals surface area contributed by atoms with Gasteiger partial charge in [0.1, 0.15) is 16.2 Å². The molecule has 2 aromatic heterocycles. The van der Waals surface area contributed by atoms with Crippen molar-refractivity contribution < 1.29 is 18.8 Å². The molecule has 0 saturated heterocycles. The smallest absolute Gasteiger partial charge is 0.423 e. The summed E-state index contributed by atoms with van der Waals surface area (Å²) in [5, 5.41) is 17.9. The maximum Gasteiger partial charge on any atom is 0.488 e. The van der Waals surface area contributed by atoms with Gasteiger partial charge in [0, 0.05) is 5.56 Å². The first-order chi connectivity index (χ1) is 16.9. The number of aromatic nitrogens is 2. The highest BCUT2D eigenvalue weighted by Gasteiger charge is 2.15. The van der Waals surface area contributed by atoms with Crippen molar-refractivity contribution >= 4 is 28.5 Å². The van der Waals surface area contributed by atoms with Gasteiger partial charge in [-0.1, -0.05) is 47.5 Å². The molecule has 0 aliphatic heterocycles. The monoisotopic (exact) mass is 554 g/mol. The van der Waals surface area contributed by atoms with Crippen LogP contribution >= 0.6 is 15.9 Å². The molecule has 2 heterocycles. The van der Waals surface area contributed by atoms with E-state index >= 15 is 0 Å². The highest BCUT2D eigenvalue weighted by atomic mass is 79.9. The minimum absolute atomic E-state index is 0.255. The second kappa shape index (κ2) is 13.4. The van der Waals surface area contributed by atoms with Crippen molar-refractivity contribution in [2.24, 2.45) is 0 Å². The van der Waals surface area contributed by atoms with E-state index in [1.807, 2.05) is 64.1 Å². The van der Waals surface area contributed by atoms with E-state index in [0.717, 1.165) is 22.4 Å². The average molecular weight is 555 g/mol. The molecule has 0 unspecified atom stereocenters. The summed E-state index contributed by atoms with van der Waals surface area (Å²) in [6.07, 6.45) is 0. The van der Waals surface area contributed by atoms with Gasteiger partial charge in [-0.25, -0.2) is 13.8 Å². The van der Waals surface area contributed by atoms with Gasteiger partial charge in [0.2, 0.25) is 0 Å². The Bertz CT molecular complexity index is 1290. The Balaban J connectivity index is 0.000000200. The maximum atomic E-state index is 13.2. The lowest BCUT2D eigenvalue weighted by atomic mass is 9.74. The fourth-order valence-electron chi connectivity index (χ4n) is 3.65. The Morgan fingerprint density at radius 3 is 1.47 bits per heavy atom. The number of nitrogens with zero attached hydrogens (tertiary/aromatic N) is 2. The van der Waals surface area contributed by atoms with Crippen LogP contribution in [0.4, 0.5) is 8.78 Å². The van der Waals surface area contributed by atoms with Crippen LogP contribution in [0.2, 0.25) is 0 Å². The van der Waals surface area contributed by atoms with Gasteiger partial charge >= 0.3 is 7.12 Å². The van der Waals surface area contributed by atoms with Gasteiger partial charge in [0.05, 0.1) is 17.1 Å². The number of hydrogen-bond donors (Lipinski definition) is 2. The van der Waals surface area contributed by atoms with Crippen molar-refractivity contribution in [1.29, 1.82) is 0 Å². The van der Waals surface area contributed by atoms with Gasteiger partial charge in [0.15, 0.2) is 0 Å². The van der Waals surface area contributed by atoms with Crippen LogP contribution < -0.4 is 5.46 Å². The van der Waals surface area contributed by atoms with E-state index in [9.17, 15) is 8.78 Å². The highest BCUT2D eigenvalue weighted by Crippen LogP contribution is 2.25. The zero-order valence-electron chi connectivity index (χ0n) is 21.3. The Morgan fingerprint density at radius 2 is 1.08 bits per heavy atom. The molecule has 0 atom stereocenters. The molecule has 4 nitrogen and oxygen atoms in total. The van der Waals surface area contributed by atoms with Crippen LogP contribution in [0.15, 0.2) is 65.3 Å². The fraction of sp³-hybridized carbons (Fsp3) is 0.214. The van der Waals surface area contributed by atoms with Crippen molar-refractivity contribution in [2.45, 2.75) is 41.5 Å². The summed E-state index contributed by atoms with van der Waals surface area (Å²) >= 11 is 3.12. The Kier molecular flexibility index (Phi) is 10.9. The van der Waals surface area contributed by atoms with E-state index < -0.39 is 7.12 Å². The summed E-state index contributed by atoms with van der Waals surface area (Å²) in [6, 6.07) is 17.9. The number of pyridine rings is 2. The number of aryl methyl sites for hydroxylation is 6. The molecule has 0 aliphatic carbocycles. The summed E-state index contributed by atoms with van der Waals surface area (Å²) in [5.74, 6) is -0.520. The fourth-order valence-corrected chi connectivity index (χ4v) is 4.05. The first-order valence-corrected chi connectivity index (χ1v) is 12.1. The van der Waals surface area contributed by atoms with Gasteiger partial charge in [-0.2, -0.15) is 0 Å². The molecule has 2 aromatic carbocycles. The Labute approximate surface area is 220 Å². The van der Waals surface area contributed by atoms with Crippen LogP contribution in [-0.2, 0) is 0 Å². The number of hydrogen-bond acceptors (Lipinski definition) is 4. The standard InChI is InChI=1S/C14H14FN.C8H11BO2.C6H5BrFN/c1-9-5-4-6-10(2)14(9)13-8-7-12(15)11(3)16-13;1-6-4-3-5-7(2)8(6)9(10)11;1-4-5(8)2-3-6(7)9-4/h4-8H,1-3H3;3-5,10-11H,1-2H3;2-3H,1H3. The molecule has 0 aliphatic rings. The molecular formula is C28H30BBrF2N2O2. The Hall–Kier alpha value is -2.94. The molecule has 0 saturated carbocycles. The number of benzene rings is 2. The van der Waals surface area contributed by atoms with Crippen molar-refractivity contribution in [2.75, 3.05) is 0 Å². The van der Waals surface area contributed by atoms with E-state index in [1.54, 1.807) is 26.0 Å². The van der Waals surface area contributed by atoms with Crippen molar-refractivity contribution in [1.82, 2.24) is 9.97 Å². The van der Waals surface area contributed by atoms with Gasteiger partial charge in [-0.3, -0.25) is 4.98 Å². The van der Waals surface area contributed by atoms with Crippen LogP contribution in [0, 0.1) is 53.2 Å².